The van der Waals surface area contributed by atoms with Crippen molar-refractivity contribution in [1.82, 2.24) is 0 Å². The van der Waals surface area contributed by atoms with Crippen LogP contribution in [0.2, 0.25) is 0 Å². The van der Waals surface area contributed by atoms with Gasteiger partial charge in [-0.05, 0) is 42.7 Å². The smallest absolute Gasteiger partial charge is 0.227 e. The summed E-state index contributed by atoms with van der Waals surface area (Å²) in [6, 6.07) is 15.7. The van der Waals surface area contributed by atoms with Gasteiger partial charge in [-0.3, -0.25) is 4.79 Å². The number of carbonyl (C=O) groups excluding carboxylic acids is 1. The summed E-state index contributed by atoms with van der Waals surface area (Å²) in [5.74, 6) is 0.778. The van der Waals surface area contributed by atoms with Crippen LogP contribution >= 0.6 is 0 Å². The van der Waals surface area contributed by atoms with Crippen molar-refractivity contribution < 1.29 is 9.53 Å². The lowest BCUT2D eigenvalue weighted by atomic mass is 10.1. The molecule has 110 valence electrons. The number of para-hydroxylation sites is 1. The lowest BCUT2D eigenvalue weighted by Crippen LogP contribution is -2.16. The van der Waals surface area contributed by atoms with Gasteiger partial charge in [-0.2, -0.15) is 0 Å². The molecule has 0 aliphatic carbocycles. The molecule has 0 heterocycles. The van der Waals surface area contributed by atoms with E-state index in [1.165, 1.54) is 0 Å². The summed E-state index contributed by atoms with van der Waals surface area (Å²) in [5, 5.41) is 2.94. The molecular formula is C18H21NO2. The fourth-order valence-corrected chi connectivity index (χ4v) is 2.13. The number of aryl methyl sites for hydroxylation is 2. The molecule has 0 fully saturated rings. The predicted octanol–water partition coefficient (Wildman–Crippen LogP) is 3.97. The first-order valence-electron chi connectivity index (χ1n) is 7.26. The van der Waals surface area contributed by atoms with Crippen molar-refractivity contribution in [3.8, 4) is 5.75 Å². The third kappa shape index (κ3) is 4.63. The van der Waals surface area contributed by atoms with Gasteiger partial charge in [0.15, 0.2) is 0 Å². The molecule has 2 aromatic carbocycles. The van der Waals surface area contributed by atoms with E-state index in [-0.39, 0.29) is 5.91 Å². The fraction of sp³-hybridized carbons (Fsp3) is 0.278. The van der Waals surface area contributed by atoms with Crippen LogP contribution in [0.3, 0.4) is 0 Å². The minimum absolute atomic E-state index is 0.0245. The highest BCUT2D eigenvalue weighted by Gasteiger charge is 2.06. The third-order valence-electron chi connectivity index (χ3n) is 3.26. The number of anilines is 1. The Kier molecular flexibility index (Phi) is 5.38. The second kappa shape index (κ2) is 7.48. The largest absolute Gasteiger partial charge is 0.493 e. The number of nitrogens with one attached hydrogen (secondary N) is 1. The van der Waals surface area contributed by atoms with Crippen molar-refractivity contribution in [3.63, 3.8) is 0 Å². The van der Waals surface area contributed by atoms with Crippen LogP contribution in [0.1, 0.15) is 24.5 Å². The van der Waals surface area contributed by atoms with E-state index in [2.05, 4.69) is 12.2 Å². The summed E-state index contributed by atoms with van der Waals surface area (Å²) in [4.78, 5) is 11.9. The Labute approximate surface area is 126 Å². The van der Waals surface area contributed by atoms with Crippen molar-refractivity contribution in [2.75, 3.05) is 11.9 Å². The zero-order valence-electron chi connectivity index (χ0n) is 12.6. The molecule has 0 spiro atoms. The average Bonchev–Trinajstić information content (AvgIpc) is 2.48. The first kappa shape index (κ1) is 15.1. The zero-order valence-corrected chi connectivity index (χ0v) is 12.6. The van der Waals surface area contributed by atoms with Gasteiger partial charge < -0.3 is 10.1 Å². The molecule has 0 aliphatic rings. The number of rotatable bonds is 6. The molecule has 2 rings (SSSR count). The quantitative estimate of drug-likeness (QED) is 0.871. The van der Waals surface area contributed by atoms with Gasteiger partial charge in [0.05, 0.1) is 13.0 Å². The van der Waals surface area contributed by atoms with E-state index >= 15 is 0 Å². The van der Waals surface area contributed by atoms with Crippen molar-refractivity contribution >= 4 is 11.6 Å². The average molecular weight is 283 g/mol. The molecule has 3 heteroatoms. The second-order valence-corrected chi connectivity index (χ2v) is 4.97. The molecule has 3 nitrogen and oxygen atoms in total. The Hall–Kier alpha value is -2.29. The van der Waals surface area contributed by atoms with Crippen molar-refractivity contribution in [2.24, 2.45) is 0 Å². The van der Waals surface area contributed by atoms with Crippen LogP contribution in [0.5, 0.6) is 5.75 Å². The molecule has 0 radical (unpaired) electrons. The number of hydrogen-bond acceptors (Lipinski definition) is 2. The van der Waals surface area contributed by atoms with E-state index in [0.717, 1.165) is 29.0 Å². The summed E-state index contributed by atoms with van der Waals surface area (Å²) in [5.41, 5.74) is 3.18. The van der Waals surface area contributed by atoms with Gasteiger partial charge in [-0.1, -0.05) is 37.3 Å². The number of amides is 1. The fourth-order valence-electron chi connectivity index (χ4n) is 2.13. The zero-order chi connectivity index (χ0) is 15.1. The van der Waals surface area contributed by atoms with Crippen LogP contribution in [0.4, 0.5) is 5.69 Å². The first-order valence-corrected chi connectivity index (χ1v) is 7.26. The normalized spacial score (nSPS) is 10.2. The molecule has 2 aromatic rings. The maximum atomic E-state index is 11.9. The lowest BCUT2D eigenvalue weighted by molar-refractivity contribution is -0.116. The molecule has 0 aromatic heterocycles. The number of carbonyl (C=O) groups is 1. The minimum Gasteiger partial charge on any atom is -0.493 e. The summed E-state index contributed by atoms with van der Waals surface area (Å²) in [7, 11) is 0. The Bertz CT molecular complexity index is 608. The number of benzene rings is 2. The first-order chi connectivity index (χ1) is 10.2. The van der Waals surface area contributed by atoms with Crippen LogP contribution in [0.25, 0.3) is 0 Å². The van der Waals surface area contributed by atoms with Crippen molar-refractivity contribution in [3.05, 3.63) is 59.7 Å². The van der Waals surface area contributed by atoms with E-state index in [0.29, 0.717) is 13.0 Å². The van der Waals surface area contributed by atoms with Gasteiger partial charge in [0, 0.05) is 5.69 Å². The third-order valence-corrected chi connectivity index (χ3v) is 3.26. The van der Waals surface area contributed by atoms with Crippen LogP contribution < -0.4 is 10.1 Å². The molecule has 21 heavy (non-hydrogen) atoms. The molecule has 0 saturated heterocycles. The standard InChI is InChI=1S/C18H21NO2/c1-3-15-8-4-5-10-17(15)19-18(20)11-12-21-16-9-6-7-14(2)13-16/h4-10,13H,3,11-12H2,1-2H3,(H,19,20). The van der Waals surface area contributed by atoms with Crippen molar-refractivity contribution in [2.45, 2.75) is 26.7 Å². The highest BCUT2D eigenvalue weighted by molar-refractivity contribution is 5.91. The van der Waals surface area contributed by atoms with Crippen LogP contribution in [-0.4, -0.2) is 12.5 Å². The summed E-state index contributed by atoms with van der Waals surface area (Å²) in [6.45, 7) is 4.47. The molecule has 0 saturated carbocycles. The summed E-state index contributed by atoms with van der Waals surface area (Å²) < 4.78 is 5.59. The van der Waals surface area contributed by atoms with Gasteiger partial charge in [0.1, 0.15) is 5.75 Å². The highest BCUT2D eigenvalue weighted by Crippen LogP contribution is 2.16. The van der Waals surface area contributed by atoms with E-state index in [4.69, 9.17) is 4.74 Å². The molecule has 1 amide bonds. The topological polar surface area (TPSA) is 38.3 Å². The number of hydrogen-bond donors (Lipinski definition) is 1. The Morgan fingerprint density at radius 3 is 2.71 bits per heavy atom. The molecule has 0 bridgehead atoms. The maximum absolute atomic E-state index is 11.9. The van der Waals surface area contributed by atoms with E-state index in [1.54, 1.807) is 0 Å². The van der Waals surface area contributed by atoms with E-state index in [1.807, 2.05) is 55.5 Å². The molecule has 1 N–H and O–H groups in total. The van der Waals surface area contributed by atoms with Crippen LogP contribution in [0.15, 0.2) is 48.5 Å². The predicted molar refractivity (Wildman–Crippen MR) is 85.7 cm³/mol. The van der Waals surface area contributed by atoms with Gasteiger partial charge in [0.2, 0.25) is 5.91 Å². The maximum Gasteiger partial charge on any atom is 0.227 e. The molecule has 0 unspecified atom stereocenters. The Balaban J connectivity index is 1.82. The minimum atomic E-state index is -0.0245. The molecule has 0 aliphatic heterocycles. The van der Waals surface area contributed by atoms with Crippen molar-refractivity contribution in [1.29, 1.82) is 0 Å². The molecular weight excluding hydrogens is 262 g/mol. The van der Waals surface area contributed by atoms with Gasteiger partial charge in [0.25, 0.3) is 0 Å². The second-order valence-electron chi connectivity index (χ2n) is 4.97. The number of ether oxygens (including phenoxy) is 1. The summed E-state index contributed by atoms with van der Waals surface area (Å²) in [6.07, 6.45) is 1.24. The van der Waals surface area contributed by atoms with Crippen LogP contribution in [0, 0.1) is 6.92 Å². The monoisotopic (exact) mass is 283 g/mol. The van der Waals surface area contributed by atoms with E-state index < -0.39 is 0 Å². The van der Waals surface area contributed by atoms with Crippen LogP contribution in [-0.2, 0) is 11.2 Å². The Morgan fingerprint density at radius 2 is 1.95 bits per heavy atom. The Morgan fingerprint density at radius 1 is 1.14 bits per heavy atom. The molecule has 0 atom stereocenters. The summed E-state index contributed by atoms with van der Waals surface area (Å²) >= 11 is 0. The van der Waals surface area contributed by atoms with Gasteiger partial charge in [-0.15, -0.1) is 0 Å². The van der Waals surface area contributed by atoms with Gasteiger partial charge in [-0.25, -0.2) is 0 Å². The van der Waals surface area contributed by atoms with Gasteiger partial charge >= 0.3 is 0 Å². The highest BCUT2D eigenvalue weighted by atomic mass is 16.5. The van der Waals surface area contributed by atoms with E-state index in [9.17, 15) is 4.79 Å². The SMILES string of the molecule is CCc1ccccc1NC(=O)CCOc1cccc(C)c1. The lowest BCUT2D eigenvalue weighted by Gasteiger charge is -2.10.